The number of rotatable bonds is 4. The average Bonchev–Trinajstić information content (AvgIpc) is 2.61. The summed E-state index contributed by atoms with van der Waals surface area (Å²) in [6.07, 6.45) is 6.11. The van der Waals surface area contributed by atoms with Gasteiger partial charge in [-0.2, -0.15) is 0 Å². The minimum Gasteiger partial charge on any atom is -0.354 e. The Labute approximate surface area is 155 Å². The first kappa shape index (κ1) is 17.0. The lowest BCUT2D eigenvalue weighted by Gasteiger charge is -2.43. The maximum Gasteiger partial charge on any atom is 0.221 e. The lowest BCUT2D eigenvalue weighted by Crippen LogP contribution is -2.52. The summed E-state index contributed by atoms with van der Waals surface area (Å²) in [6, 6.07) is 13.0. The molecule has 1 saturated heterocycles. The number of amides is 1. The standard InChI is InChI=1S/C21H26N4O/c1-16(26)23-19-8-5-17(6-9-19)18-7-10-21(22-15-18)25-13-11-24(12-14-25)20-3-2-4-20/h5-10,15,20H,2-4,11-14H2,1H3,(H,23,26). The van der Waals surface area contributed by atoms with Crippen molar-refractivity contribution in [1.29, 1.82) is 0 Å². The van der Waals surface area contributed by atoms with E-state index in [9.17, 15) is 4.79 Å². The first-order chi connectivity index (χ1) is 12.7. The van der Waals surface area contributed by atoms with E-state index < -0.39 is 0 Å². The SMILES string of the molecule is CC(=O)Nc1ccc(-c2ccc(N3CCN(C4CCC4)CC3)nc2)cc1. The van der Waals surface area contributed by atoms with E-state index in [4.69, 9.17) is 4.98 Å². The van der Waals surface area contributed by atoms with Gasteiger partial charge in [0.05, 0.1) is 0 Å². The molecule has 2 aromatic rings. The second kappa shape index (κ2) is 7.46. The molecule has 136 valence electrons. The molecule has 2 aliphatic rings. The van der Waals surface area contributed by atoms with Crippen LogP contribution in [0.25, 0.3) is 11.1 Å². The largest absolute Gasteiger partial charge is 0.354 e. The highest BCUT2D eigenvalue weighted by atomic mass is 16.1. The van der Waals surface area contributed by atoms with Gasteiger partial charge in [0.2, 0.25) is 5.91 Å². The summed E-state index contributed by atoms with van der Waals surface area (Å²) >= 11 is 0. The second-order valence-corrected chi connectivity index (χ2v) is 7.27. The third-order valence-corrected chi connectivity index (χ3v) is 5.52. The summed E-state index contributed by atoms with van der Waals surface area (Å²) in [5.74, 6) is 1.01. The van der Waals surface area contributed by atoms with Crippen LogP contribution < -0.4 is 10.2 Å². The fourth-order valence-corrected chi connectivity index (χ4v) is 3.76. The van der Waals surface area contributed by atoms with Gasteiger partial charge in [0.15, 0.2) is 0 Å². The van der Waals surface area contributed by atoms with Crippen molar-refractivity contribution in [3.8, 4) is 11.1 Å². The summed E-state index contributed by atoms with van der Waals surface area (Å²) in [5, 5.41) is 2.79. The predicted octanol–water partition coefficient (Wildman–Crippen LogP) is 3.38. The fraction of sp³-hybridized carbons (Fsp3) is 0.429. The highest BCUT2D eigenvalue weighted by Crippen LogP contribution is 2.27. The van der Waals surface area contributed by atoms with Gasteiger partial charge in [-0.3, -0.25) is 9.69 Å². The Morgan fingerprint density at radius 2 is 1.69 bits per heavy atom. The van der Waals surface area contributed by atoms with Gasteiger partial charge in [0.1, 0.15) is 5.82 Å². The van der Waals surface area contributed by atoms with Gasteiger partial charge < -0.3 is 10.2 Å². The van der Waals surface area contributed by atoms with Crippen LogP contribution in [0.5, 0.6) is 0 Å². The van der Waals surface area contributed by atoms with E-state index in [-0.39, 0.29) is 5.91 Å². The first-order valence-electron chi connectivity index (χ1n) is 9.52. The quantitative estimate of drug-likeness (QED) is 0.918. The van der Waals surface area contributed by atoms with E-state index in [0.29, 0.717) is 0 Å². The van der Waals surface area contributed by atoms with Crippen LogP contribution in [-0.2, 0) is 4.79 Å². The van der Waals surface area contributed by atoms with Gasteiger partial charge in [0, 0.05) is 56.6 Å². The van der Waals surface area contributed by atoms with Crippen molar-refractivity contribution in [3.05, 3.63) is 42.6 Å². The molecule has 2 heterocycles. The molecule has 5 heteroatoms. The van der Waals surface area contributed by atoms with Crippen LogP contribution in [0.2, 0.25) is 0 Å². The zero-order valence-electron chi connectivity index (χ0n) is 15.3. The summed E-state index contributed by atoms with van der Waals surface area (Å²) in [7, 11) is 0. The highest BCUT2D eigenvalue weighted by Gasteiger charge is 2.28. The van der Waals surface area contributed by atoms with Gasteiger partial charge >= 0.3 is 0 Å². The molecule has 1 aromatic carbocycles. The number of hydrogen-bond acceptors (Lipinski definition) is 4. The normalized spacial score (nSPS) is 18.4. The Kier molecular flexibility index (Phi) is 4.89. The molecule has 26 heavy (non-hydrogen) atoms. The van der Waals surface area contributed by atoms with Gasteiger partial charge in [0.25, 0.3) is 0 Å². The summed E-state index contributed by atoms with van der Waals surface area (Å²) in [6.45, 7) is 5.95. The molecule has 5 nitrogen and oxygen atoms in total. The van der Waals surface area contributed by atoms with E-state index in [1.165, 1.54) is 26.2 Å². The van der Waals surface area contributed by atoms with Crippen molar-refractivity contribution in [2.24, 2.45) is 0 Å². The number of nitrogens with one attached hydrogen (secondary N) is 1. The van der Waals surface area contributed by atoms with Crippen LogP contribution in [0.3, 0.4) is 0 Å². The van der Waals surface area contributed by atoms with Crippen molar-refractivity contribution >= 4 is 17.4 Å². The summed E-state index contributed by atoms with van der Waals surface area (Å²) in [5.41, 5.74) is 3.01. The van der Waals surface area contributed by atoms with Gasteiger partial charge in [-0.05, 0) is 42.7 Å². The minimum absolute atomic E-state index is 0.0545. The van der Waals surface area contributed by atoms with Crippen LogP contribution in [-0.4, -0.2) is 48.0 Å². The fourth-order valence-electron chi connectivity index (χ4n) is 3.76. The Morgan fingerprint density at radius 3 is 2.23 bits per heavy atom. The number of nitrogens with zero attached hydrogens (tertiary/aromatic N) is 3. The van der Waals surface area contributed by atoms with Crippen molar-refractivity contribution in [1.82, 2.24) is 9.88 Å². The molecule has 0 bridgehead atoms. The van der Waals surface area contributed by atoms with Crippen LogP contribution in [0.4, 0.5) is 11.5 Å². The van der Waals surface area contributed by atoms with Crippen molar-refractivity contribution in [2.75, 3.05) is 36.4 Å². The molecule has 4 rings (SSSR count). The zero-order chi connectivity index (χ0) is 17.9. The molecule has 0 unspecified atom stereocenters. The second-order valence-electron chi connectivity index (χ2n) is 7.27. The molecule has 0 atom stereocenters. The van der Waals surface area contributed by atoms with E-state index >= 15 is 0 Å². The lowest BCUT2D eigenvalue weighted by molar-refractivity contribution is -0.114. The van der Waals surface area contributed by atoms with E-state index in [2.05, 4.69) is 27.2 Å². The Morgan fingerprint density at radius 1 is 1.00 bits per heavy atom. The number of aromatic nitrogens is 1. The zero-order valence-corrected chi connectivity index (χ0v) is 15.3. The monoisotopic (exact) mass is 350 g/mol. The topological polar surface area (TPSA) is 48.5 Å². The average molecular weight is 350 g/mol. The Bertz CT molecular complexity index is 745. The number of carbonyl (C=O) groups is 1. The number of hydrogen-bond donors (Lipinski definition) is 1. The third kappa shape index (κ3) is 3.73. The van der Waals surface area contributed by atoms with Gasteiger partial charge in [-0.15, -0.1) is 0 Å². The molecule has 1 aliphatic carbocycles. The van der Waals surface area contributed by atoms with Crippen LogP contribution >= 0.6 is 0 Å². The maximum atomic E-state index is 11.1. The molecule has 1 N–H and O–H groups in total. The summed E-state index contributed by atoms with van der Waals surface area (Å²) in [4.78, 5) is 20.8. The molecular formula is C21H26N4O. The Hall–Kier alpha value is -2.40. The molecule has 1 amide bonds. The number of carbonyl (C=O) groups excluding carboxylic acids is 1. The van der Waals surface area contributed by atoms with Crippen molar-refractivity contribution < 1.29 is 4.79 Å². The van der Waals surface area contributed by atoms with Crippen molar-refractivity contribution in [2.45, 2.75) is 32.2 Å². The van der Waals surface area contributed by atoms with Gasteiger partial charge in [-0.1, -0.05) is 18.6 Å². The molecule has 1 aliphatic heterocycles. The van der Waals surface area contributed by atoms with Crippen molar-refractivity contribution in [3.63, 3.8) is 0 Å². The predicted molar refractivity (Wildman–Crippen MR) is 105 cm³/mol. The third-order valence-electron chi connectivity index (χ3n) is 5.52. The molecule has 0 spiro atoms. The lowest BCUT2D eigenvalue weighted by atomic mass is 9.91. The molecule has 1 saturated carbocycles. The molecule has 0 radical (unpaired) electrons. The van der Waals surface area contributed by atoms with Crippen LogP contribution in [0.15, 0.2) is 42.6 Å². The van der Waals surface area contributed by atoms with E-state index in [1.54, 1.807) is 0 Å². The number of piperazine rings is 1. The number of pyridine rings is 1. The van der Waals surface area contributed by atoms with E-state index in [1.807, 2.05) is 30.5 Å². The number of anilines is 2. The van der Waals surface area contributed by atoms with Crippen LogP contribution in [0.1, 0.15) is 26.2 Å². The smallest absolute Gasteiger partial charge is 0.221 e. The maximum absolute atomic E-state index is 11.1. The molecule has 2 fully saturated rings. The van der Waals surface area contributed by atoms with Crippen LogP contribution in [0, 0.1) is 0 Å². The first-order valence-corrected chi connectivity index (χ1v) is 9.52. The highest BCUT2D eigenvalue weighted by molar-refractivity contribution is 5.89. The molecular weight excluding hydrogens is 324 g/mol. The minimum atomic E-state index is -0.0545. The van der Waals surface area contributed by atoms with E-state index in [0.717, 1.165) is 54.9 Å². The van der Waals surface area contributed by atoms with Gasteiger partial charge in [-0.25, -0.2) is 4.98 Å². The molecule has 1 aromatic heterocycles. The Balaban J connectivity index is 1.38. The summed E-state index contributed by atoms with van der Waals surface area (Å²) < 4.78 is 0. The number of benzene rings is 1.